The summed E-state index contributed by atoms with van der Waals surface area (Å²) in [6, 6.07) is 4.48. The number of para-hydroxylation sites is 1. The monoisotopic (exact) mass is 281 g/mol. The van der Waals surface area contributed by atoms with Gasteiger partial charge in [-0.25, -0.2) is 0 Å². The van der Waals surface area contributed by atoms with E-state index in [1.54, 1.807) is 22.7 Å². The van der Waals surface area contributed by atoms with Gasteiger partial charge in [0.2, 0.25) is 0 Å². The number of hydrogen-bond acceptors (Lipinski definition) is 5. The molecule has 1 amide bonds. The van der Waals surface area contributed by atoms with Gasteiger partial charge in [0.05, 0.1) is 4.92 Å². The minimum Gasteiger partial charge on any atom is -0.393 e. The fourth-order valence-electron chi connectivity index (χ4n) is 2.06. The van der Waals surface area contributed by atoms with Gasteiger partial charge in [0, 0.05) is 18.8 Å². The van der Waals surface area contributed by atoms with Crippen molar-refractivity contribution >= 4 is 29.0 Å². The van der Waals surface area contributed by atoms with E-state index in [0.717, 1.165) is 17.9 Å². The van der Waals surface area contributed by atoms with E-state index >= 15 is 0 Å². The van der Waals surface area contributed by atoms with Crippen LogP contribution in [0.5, 0.6) is 0 Å². The van der Waals surface area contributed by atoms with Gasteiger partial charge in [-0.15, -0.1) is 0 Å². The number of nitro benzene ring substituents is 1. The number of carbonyl (C=O) groups excluding carboxylic acids is 1. The quantitative estimate of drug-likeness (QED) is 0.507. The van der Waals surface area contributed by atoms with Crippen LogP contribution in [0.3, 0.4) is 0 Å². The molecule has 2 N–H and O–H groups in total. The topological polar surface area (TPSA) is 89.5 Å². The highest BCUT2D eigenvalue weighted by atomic mass is 32.2. The maximum absolute atomic E-state index is 12.4. The lowest BCUT2D eigenvalue weighted by Crippen LogP contribution is -2.33. The standard InChI is InChI=1S/C12H15N3O3S/c13-10-4-1-3-9(11(10)15(17)18)12(16)14-5-2-7-19-8-6-14/h1,3-4H,2,5-8,13H2. The second kappa shape index (κ2) is 5.92. The predicted octanol–water partition coefficient (Wildman–Crippen LogP) is 1.76. The molecule has 1 aromatic rings. The molecule has 7 heteroatoms. The fraction of sp³-hybridized carbons (Fsp3) is 0.417. The number of amides is 1. The number of benzene rings is 1. The summed E-state index contributed by atoms with van der Waals surface area (Å²) in [5, 5.41) is 11.0. The van der Waals surface area contributed by atoms with Crippen LogP contribution in [-0.2, 0) is 0 Å². The van der Waals surface area contributed by atoms with Crippen LogP contribution < -0.4 is 5.73 Å². The highest BCUT2D eigenvalue weighted by Gasteiger charge is 2.27. The van der Waals surface area contributed by atoms with E-state index in [0.29, 0.717) is 13.1 Å². The van der Waals surface area contributed by atoms with Crippen molar-refractivity contribution in [3.05, 3.63) is 33.9 Å². The number of carbonyl (C=O) groups is 1. The Morgan fingerprint density at radius 1 is 1.37 bits per heavy atom. The van der Waals surface area contributed by atoms with Crippen LogP contribution >= 0.6 is 11.8 Å². The first-order valence-electron chi connectivity index (χ1n) is 6.01. The molecule has 0 bridgehead atoms. The second-order valence-electron chi connectivity index (χ2n) is 4.26. The molecule has 102 valence electrons. The first-order chi connectivity index (χ1) is 9.11. The molecule has 1 aromatic carbocycles. The number of nitrogens with zero attached hydrogens (tertiary/aromatic N) is 2. The minimum absolute atomic E-state index is 0.0278. The van der Waals surface area contributed by atoms with Crippen LogP contribution in [0.2, 0.25) is 0 Å². The Hall–Kier alpha value is -1.76. The van der Waals surface area contributed by atoms with Gasteiger partial charge in [0.15, 0.2) is 0 Å². The van der Waals surface area contributed by atoms with Gasteiger partial charge < -0.3 is 10.6 Å². The average Bonchev–Trinajstić information content (AvgIpc) is 2.66. The predicted molar refractivity (Wildman–Crippen MR) is 75.4 cm³/mol. The van der Waals surface area contributed by atoms with Crippen molar-refractivity contribution in [1.29, 1.82) is 0 Å². The van der Waals surface area contributed by atoms with Crippen LogP contribution in [0, 0.1) is 10.1 Å². The summed E-state index contributed by atoms with van der Waals surface area (Å²) in [6.07, 6.45) is 0.909. The lowest BCUT2D eigenvalue weighted by atomic mass is 10.1. The van der Waals surface area contributed by atoms with E-state index in [1.807, 2.05) is 0 Å². The van der Waals surface area contributed by atoms with Crippen molar-refractivity contribution in [2.45, 2.75) is 6.42 Å². The van der Waals surface area contributed by atoms with Crippen LogP contribution in [0.25, 0.3) is 0 Å². The number of anilines is 1. The maximum Gasteiger partial charge on any atom is 0.304 e. The van der Waals surface area contributed by atoms with Gasteiger partial charge in [0.25, 0.3) is 5.91 Å². The highest BCUT2D eigenvalue weighted by molar-refractivity contribution is 7.99. The molecule has 1 fully saturated rings. The summed E-state index contributed by atoms with van der Waals surface area (Å²) >= 11 is 1.79. The number of thioether (sulfide) groups is 1. The van der Waals surface area contributed by atoms with Gasteiger partial charge in [-0.1, -0.05) is 6.07 Å². The summed E-state index contributed by atoms with van der Waals surface area (Å²) in [5.74, 6) is 1.58. The van der Waals surface area contributed by atoms with E-state index in [1.165, 1.54) is 12.1 Å². The molecule has 0 atom stereocenters. The number of nitrogens with two attached hydrogens (primary N) is 1. The Morgan fingerprint density at radius 2 is 2.16 bits per heavy atom. The van der Waals surface area contributed by atoms with E-state index < -0.39 is 4.92 Å². The Bertz CT molecular complexity index is 499. The minimum atomic E-state index is -0.588. The van der Waals surface area contributed by atoms with Crippen LogP contribution in [0.1, 0.15) is 16.8 Å². The summed E-state index contributed by atoms with van der Waals surface area (Å²) in [7, 11) is 0. The Kier molecular flexibility index (Phi) is 4.26. The molecule has 1 saturated heterocycles. The van der Waals surface area contributed by atoms with Gasteiger partial charge in [-0.2, -0.15) is 11.8 Å². The van der Waals surface area contributed by atoms with Gasteiger partial charge >= 0.3 is 5.69 Å². The summed E-state index contributed by atoms with van der Waals surface area (Å²) in [5.41, 5.74) is 5.42. The van der Waals surface area contributed by atoms with Crippen LogP contribution in [-0.4, -0.2) is 40.3 Å². The van der Waals surface area contributed by atoms with Gasteiger partial charge in [-0.3, -0.25) is 14.9 Å². The van der Waals surface area contributed by atoms with Crippen molar-refractivity contribution in [2.75, 3.05) is 30.3 Å². The molecule has 1 aliphatic heterocycles. The molecule has 0 aliphatic carbocycles. The second-order valence-corrected chi connectivity index (χ2v) is 5.48. The molecule has 0 aromatic heterocycles. The summed E-state index contributed by atoms with van der Waals surface area (Å²) in [6.45, 7) is 1.26. The number of nitrogen functional groups attached to an aromatic ring is 1. The van der Waals surface area contributed by atoms with E-state index in [4.69, 9.17) is 5.73 Å². The zero-order chi connectivity index (χ0) is 13.8. The van der Waals surface area contributed by atoms with Crippen molar-refractivity contribution in [2.24, 2.45) is 0 Å². The van der Waals surface area contributed by atoms with E-state index in [2.05, 4.69) is 0 Å². The molecule has 19 heavy (non-hydrogen) atoms. The Balaban J connectivity index is 2.32. The third-order valence-electron chi connectivity index (χ3n) is 2.99. The molecule has 2 rings (SSSR count). The average molecular weight is 281 g/mol. The zero-order valence-corrected chi connectivity index (χ0v) is 11.2. The summed E-state index contributed by atoms with van der Waals surface area (Å²) < 4.78 is 0. The Morgan fingerprint density at radius 3 is 2.89 bits per heavy atom. The Labute approximate surface area is 115 Å². The first-order valence-corrected chi connectivity index (χ1v) is 7.16. The van der Waals surface area contributed by atoms with E-state index in [-0.39, 0.29) is 22.8 Å². The molecule has 0 saturated carbocycles. The molecule has 0 unspecified atom stereocenters. The maximum atomic E-state index is 12.4. The van der Waals surface area contributed by atoms with Crippen LogP contribution in [0.15, 0.2) is 18.2 Å². The molecule has 1 heterocycles. The van der Waals surface area contributed by atoms with Gasteiger partial charge in [-0.05, 0) is 24.3 Å². The van der Waals surface area contributed by atoms with Crippen molar-refractivity contribution < 1.29 is 9.72 Å². The van der Waals surface area contributed by atoms with Crippen molar-refractivity contribution in [1.82, 2.24) is 4.90 Å². The smallest absolute Gasteiger partial charge is 0.304 e. The zero-order valence-electron chi connectivity index (χ0n) is 10.4. The molecule has 0 spiro atoms. The lowest BCUT2D eigenvalue weighted by Gasteiger charge is -2.20. The van der Waals surface area contributed by atoms with Crippen molar-refractivity contribution in [3.63, 3.8) is 0 Å². The number of hydrogen-bond donors (Lipinski definition) is 1. The molecular weight excluding hydrogens is 266 g/mol. The van der Waals surface area contributed by atoms with Crippen LogP contribution in [0.4, 0.5) is 11.4 Å². The molecule has 6 nitrogen and oxygen atoms in total. The first kappa shape index (κ1) is 13.7. The number of nitro groups is 1. The SMILES string of the molecule is Nc1cccc(C(=O)N2CCCSCC2)c1[N+](=O)[O-]. The van der Waals surface area contributed by atoms with Crippen molar-refractivity contribution in [3.8, 4) is 0 Å². The van der Waals surface area contributed by atoms with Gasteiger partial charge in [0.1, 0.15) is 11.3 Å². The highest BCUT2D eigenvalue weighted by Crippen LogP contribution is 2.27. The largest absolute Gasteiger partial charge is 0.393 e. The lowest BCUT2D eigenvalue weighted by molar-refractivity contribution is -0.384. The number of rotatable bonds is 2. The third-order valence-corrected chi connectivity index (χ3v) is 4.04. The molecule has 1 aliphatic rings. The fourth-order valence-corrected chi connectivity index (χ4v) is 2.94. The summed E-state index contributed by atoms with van der Waals surface area (Å²) in [4.78, 5) is 24.5. The normalized spacial score (nSPS) is 15.9. The third kappa shape index (κ3) is 2.98. The van der Waals surface area contributed by atoms with E-state index in [9.17, 15) is 14.9 Å². The molecular formula is C12H15N3O3S. The molecule has 0 radical (unpaired) electrons.